The highest BCUT2D eigenvalue weighted by molar-refractivity contribution is 5.74. The Morgan fingerprint density at radius 2 is 2.17 bits per heavy atom. The number of hydrogen-bond donors (Lipinski definition) is 3. The van der Waals surface area contributed by atoms with Gasteiger partial charge in [-0.1, -0.05) is 13.8 Å². The lowest BCUT2D eigenvalue weighted by Crippen LogP contribution is -2.45. The molecule has 2 amide bonds. The zero-order valence-corrected chi connectivity index (χ0v) is 14.8. The molecular formula is C17H30N6O. The maximum absolute atomic E-state index is 12.3. The number of urea groups is 1. The normalized spacial score (nSPS) is 22.0. The Hall–Kier alpha value is -1.76. The minimum atomic E-state index is 0.0650. The zero-order valence-electron chi connectivity index (χ0n) is 14.8. The molecule has 1 atom stereocenters. The number of H-pyrrole nitrogens is 1. The van der Waals surface area contributed by atoms with E-state index in [4.69, 9.17) is 0 Å². The van der Waals surface area contributed by atoms with Crippen LogP contribution < -0.4 is 15.5 Å². The summed E-state index contributed by atoms with van der Waals surface area (Å²) >= 11 is 0. The van der Waals surface area contributed by atoms with Crippen LogP contribution in [0.15, 0.2) is 6.07 Å². The SMILES string of the molecule is CC(C)CNC(=O)N1CCCC(c2cc(N3CCNCC3)n[nH]2)C1. The summed E-state index contributed by atoms with van der Waals surface area (Å²) in [5, 5.41) is 14.1. The molecule has 3 rings (SSSR count). The number of aromatic nitrogens is 2. The predicted octanol–water partition coefficient (Wildman–Crippen LogP) is 1.36. The summed E-state index contributed by atoms with van der Waals surface area (Å²) < 4.78 is 0. The Morgan fingerprint density at radius 3 is 2.92 bits per heavy atom. The molecule has 0 aromatic carbocycles. The highest BCUT2D eigenvalue weighted by Gasteiger charge is 2.26. The fourth-order valence-corrected chi connectivity index (χ4v) is 3.41. The van der Waals surface area contributed by atoms with Crippen molar-refractivity contribution >= 4 is 11.8 Å². The van der Waals surface area contributed by atoms with Crippen LogP contribution >= 0.6 is 0 Å². The lowest BCUT2D eigenvalue weighted by atomic mass is 9.95. The molecule has 0 radical (unpaired) electrons. The maximum Gasteiger partial charge on any atom is 0.317 e. The van der Waals surface area contributed by atoms with E-state index in [9.17, 15) is 4.79 Å². The Balaban J connectivity index is 1.58. The number of amides is 2. The third-order valence-corrected chi connectivity index (χ3v) is 4.84. The van der Waals surface area contributed by atoms with E-state index < -0.39 is 0 Å². The van der Waals surface area contributed by atoms with E-state index in [1.54, 1.807) is 0 Å². The van der Waals surface area contributed by atoms with Crippen molar-refractivity contribution in [2.45, 2.75) is 32.6 Å². The fourth-order valence-electron chi connectivity index (χ4n) is 3.41. The van der Waals surface area contributed by atoms with E-state index in [2.05, 4.69) is 45.6 Å². The van der Waals surface area contributed by atoms with Gasteiger partial charge in [-0.05, 0) is 18.8 Å². The first-order valence-corrected chi connectivity index (χ1v) is 9.17. The Labute approximate surface area is 144 Å². The predicted molar refractivity (Wildman–Crippen MR) is 95.5 cm³/mol. The van der Waals surface area contributed by atoms with Crippen LogP contribution in [0.3, 0.4) is 0 Å². The molecule has 1 aromatic heterocycles. The summed E-state index contributed by atoms with van der Waals surface area (Å²) in [5.74, 6) is 1.87. The topological polar surface area (TPSA) is 76.3 Å². The van der Waals surface area contributed by atoms with Gasteiger partial charge in [0.25, 0.3) is 0 Å². The monoisotopic (exact) mass is 334 g/mol. The Morgan fingerprint density at radius 1 is 1.38 bits per heavy atom. The average Bonchev–Trinajstić information content (AvgIpc) is 3.11. The molecule has 2 aliphatic heterocycles. The van der Waals surface area contributed by atoms with Crippen LogP contribution in [0.2, 0.25) is 0 Å². The first-order chi connectivity index (χ1) is 11.6. The Kier molecular flexibility index (Phi) is 5.60. The minimum Gasteiger partial charge on any atom is -0.353 e. The summed E-state index contributed by atoms with van der Waals surface area (Å²) in [6, 6.07) is 2.24. The van der Waals surface area contributed by atoms with E-state index in [0.29, 0.717) is 11.8 Å². The number of rotatable bonds is 4. The quantitative estimate of drug-likeness (QED) is 0.777. The third-order valence-electron chi connectivity index (χ3n) is 4.84. The first kappa shape index (κ1) is 17.1. The molecule has 3 N–H and O–H groups in total. The molecular weight excluding hydrogens is 304 g/mol. The number of likely N-dealkylation sites (tertiary alicyclic amines) is 1. The molecule has 3 heterocycles. The lowest BCUT2D eigenvalue weighted by molar-refractivity contribution is 0.178. The van der Waals surface area contributed by atoms with Crippen LogP contribution in [0.5, 0.6) is 0 Å². The minimum absolute atomic E-state index is 0.0650. The van der Waals surface area contributed by atoms with Gasteiger partial charge in [-0.25, -0.2) is 4.79 Å². The second kappa shape index (κ2) is 7.88. The van der Waals surface area contributed by atoms with Crippen molar-refractivity contribution in [2.24, 2.45) is 5.92 Å². The summed E-state index contributed by atoms with van der Waals surface area (Å²) in [4.78, 5) is 16.6. The number of anilines is 1. The van der Waals surface area contributed by atoms with Gasteiger partial charge in [0.05, 0.1) is 0 Å². The molecule has 24 heavy (non-hydrogen) atoms. The number of piperazine rings is 1. The number of aromatic amines is 1. The second-order valence-electron chi connectivity index (χ2n) is 7.28. The largest absolute Gasteiger partial charge is 0.353 e. The smallest absolute Gasteiger partial charge is 0.317 e. The van der Waals surface area contributed by atoms with Gasteiger partial charge in [0.1, 0.15) is 0 Å². The van der Waals surface area contributed by atoms with Crippen LogP contribution in [0, 0.1) is 5.92 Å². The molecule has 0 saturated carbocycles. The van der Waals surface area contributed by atoms with Crippen molar-refractivity contribution in [2.75, 3.05) is 50.7 Å². The van der Waals surface area contributed by atoms with Gasteiger partial charge in [-0.15, -0.1) is 0 Å². The van der Waals surface area contributed by atoms with Gasteiger partial charge in [0, 0.05) is 63.5 Å². The van der Waals surface area contributed by atoms with Crippen LogP contribution in [0.1, 0.15) is 38.3 Å². The number of carbonyl (C=O) groups is 1. The van der Waals surface area contributed by atoms with Gasteiger partial charge in [-0.2, -0.15) is 5.10 Å². The highest BCUT2D eigenvalue weighted by atomic mass is 16.2. The van der Waals surface area contributed by atoms with Gasteiger partial charge >= 0.3 is 6.03 Å². The molecule has 2 aliphatic rings. The maximum atomic E-state index is 12.3. The number of hydrogen-bond acceptors (Lipinski definition) is 4. The summed E-state index contributed by atoms with van der Waals surface area (Å²) in [7, 11) is 0. The van der Waals surface area contributed by atoms with E-state index in [0.717, 1.165) is 70.2 Å². The second-order valence-corrected chi connectivity index (χ2v) is 7.28. The van der Waals surface area contributed by atoms with E-state index in [1.165, 1.54) is 0 Å². The standard InChI is InChI=1S/C17H30N6O/c1-13(2)11-19-17(24)23-7-3-4-14(12-23)15-10-16(21-20-15)22-8-5-18-6-9-22/h10,13-14,18H,3-9,11-12H2,1-2H3,(H,19,24)(H,20,21). The lowest BCUT2D eigenvalue weighted by Gasteiger charge is -2.32. The van der Waals surface area contributed by atoms with Crippen molar-refractivity contribution in [1.29, 1.82) is 0 Å². The number of nitrogens with one attached hydrogen (secondary N) is 3. The van der Waals surface area contributed by atoms with Crippen LogP contribution in [0.25, 0.3) is 0 Å². The van der Waals surface area contributed by atoms with E-state index in [-0.39, 0.29) is 6.03 Å². The Bertz CT molecular complexity index is 537. The number of nitrogens with zero attached hydrogens (tertiary/aromatic N) is 3. The molecule has 1 aromatic rings. The van der Waals surface area contributed by atoms with Gasteiger partial charge < -0.3 is 20.4 Å². The van der Waals surface area contributed by atoms with E-state index >= 15 is 0 Å². The van der Waals surface area contributed by atoms with Crippen molar-refractivity contribution in [1.82, 2.24) is 25.7 Å². The van der Waals surface area contributed by atoms with Crippen LogP contribution in [-0.4, -0.2) is 66.9 Å². The molecule has 0 spiro atoms. The summed E-state index contributed by atoms with van der Waals surface area (Å²) in [6.07, 6.45) is 2.15. The van der Waals surface area contributed by atoms with Crippen molar-refractivity contribution < 1.29 is 4.79 Å². The number of piperidine rings is 1. The highest BCUT2D eigenvalue weighted by Crippen LogP contribution is 2.27. The summed E-state index contributed by atoms with van der Waals surface area (Å²) in [5.41, 5.74) is 1.16. The van der Waals surface area contributed by atoms with Gasteiger partial charge in [0.15, 0.2) is 5.82 Å². The van der Waals surface area contributed by atoms with Gasteiger partial charge in [0.2, 0.25) is 0 Å². The molecule has 2 saturated heterocycles. The summed E-state index contributed by atoms with van der Waals surface area (Å²) in [6.45, 7) is 10.6. The van der Waals surface area contributed by atoms with Crippen LogP contribution in [0.4, 0.5) is 10.6 Å². The van der Waals surface area contributed by atoms with Crippen molar-refractivity contribution in [3.05, 3.63) is 11.8 Å². The first-order valence-electron chi connectivity index (χ1n) is 9.17. The molecule has 1 unspecified atom stereocenters. The zero-order chi connectivity index (χ0) is 16.9. The molecule has 2 fully saturated rings. The molecule has 0 aliphatic carbocycles. The van der Waals surface area contributed by atoms with Crippen LogP contribution in [-0.2, 0) is 0 Å². The molecule has 7 nitrogen and oxygen atoms in total. The van der Waals surface area contributed by atoms with Gasteiger partial charge in [-0.3, -0.25) is 5.10 Å². The van der Waals surface area contributed by atoms with E-state index in [1.807, 2.05) is 4.90 Å². The molecule has 7 heteroatoms. The number of carbonyl (C=O) groups excluding carboxylic acids is 1. The van der Waals surface area contributed by atoms with Crippen molar-refractivity contribution in [3.63, 3.8) is 0 Å². The van der Waals surface area contributed by atoms with Crippen molar-refractivity contribution in [3.8, 4) is 0 Å². The molecule has 134 valence electrons. The third kappa shape index (κ3) is 4.20. The fraction of sp³-hybridized carbons (Fsp3) is 0.765. The average molecular weight is 334 g/mol. The molecule has 0 bridgehead atoms.